The second kappa shape index (κ2) is 12.0. The summed E-state index contributed by atoms with van der Waals surface area (Å²) >= 11 is 0. The monoisotopic (exact) mass is 576 g/mol. The van der Waals surface area contributed by atoms with E-state index >= 15 is 0 Å². The van der Waals surface area contributed by atoms with Gasteiger partial charge in [0.15, 0.2) is 0 Å². The molecule has 0 aromatic heterocycles. The Morgan fingerprint density at radius 1 is 0.897 bits per heavy atom. The van der Waals surface area contributed by atoms with Gasteiger partial charge in [-0.15, -0.1) is 0 Å². The number of hydrogen-bond donors (Lipinski definition) is 3. The number of aryl methyl sites for hydroxylation is 1. The fourth-order valence-electron chi connectivity index (χ4n) is 3.35. The smallest absolute Gasteiger partial charge is 0.333 e. The third kappa shape index (κ3) is 7.83. The van der Waals surface area contributed by atoms with E-state index in [1.54, 1.807) is 19.1 Å². The van der Waals surface area contributed by atoms with Crippen LogP contribution in [0, 0.1) is 17.0 Å². The van der Waals surface area contributed by atoms with Gasteiger partial charge in [0.2, 0.25) is 10.0 Å². The van der Waals surface area contributed by atoms with Crippen LogP contribution >= 0.6 is 0 Å². The summed E-state index contributed by atoms with van der Waals surface area (Å²) < 4.78 is 54.1. The Bertz CT molecular complexity index is 1570. The molecule has 0 bridgehead atoms. The summed E-state index contributed by atoms with van der Waals surface area (Å²) in [4.78, 5) is 33.3. The Hall–Kier alpha value is -4.34. The van der Waals surface area contributed by atoms with Crippen molar-refractivity contribution in [2.75, 3.05) is 11.9 Å². The number of urea groups is 1. The number of non-ortho nitro benzene ring substituents is 1. The zero-order valence-electron chi connectivity index (χ0n) is 20.5. The highest BCUT2D eigenvalue weighted by molar-refractivity contribution is 7.90. The van der Waals surface area contributed by atoms with Crippen molar-refractivity contribution < 1.29 is 36.5 Å². The highest BCUT2D eigenvalue weighted by Crippen LogP contribution is 2.22. The van der Waals surface area contributed by atoms with Crippen LogP contribution in [0.4, 0.5) is 16.2 Å². The number of nitro groups is 1. The lowest BCUT2D eigenvalue weighted by Gasteiger charge is -2.22. The molecule has 0 aliphatic carbocycles. The zero-order chi connectivity index (χ0) is 28.8. The van der Waals surface area contributed by atoms with Gasteiger partial charge in [-0.25, -0.2) is 26.4 Å². The molecule has 0 saturated heterocycles. The lowest BCUT2D eigenvalue weighted by atomic mass is 10.2. The van der Waals surface area contributed by atoms with Crippen molar-refractivity contribution >= 4 is 43.4 Å². The van der Waals surface area contributed by atoms with E-state index in [2.05, 4.69) is 5.32 Å². The molecular formula is C24H24N4O9S2. The molecular weight excluding hydrogens is 552 g/mol. The van der Waals surface area contributed by atoms with Crippen LogP contribution in [0.3, 0.4) is 0 Å². The minimum Gasteiger partial charge on any atom is -0.481 e. The summed E-state index contributed by atoms with van der Waals surface area (Å²) in [5, 5.41) is 22.2. The Labute approximate surface area is 224 Å². The molecule has 3 rings (SSSR count). The lowest BCUT2D eigenvalue weighted by Crippen LogP contribution is -2.34. The first-order valence-corrected chi connectivity index (χ1v) is 14.2. The van der Waals surface area contributed by atoms with Crippen LogP contribution in [-0.4, -0.2) is 49.7 Å². The van der Waals surface area contributed by atoms with E-state index in [0.717, 1.165) is 9.87 Å². The Morgan fingerprint density at radius 2 is 1.46 bits per heavy atom. The highest BCUT2D eigenvalue weighted by Gasteiger charge is 2.26. The number of benzene rings is 3. The summed E-state index contributed by atoms with van der Waals surface area (Å²) in [7, 11) is -8.36. The maximum Gasteiger partial charge on any atom is 0.333 e. The van der Waals surface area contributed by atoms with Crippen LogP contribution in [0.2, 0.25) is 0 Å². The van der Waals surface area contributed by atoms with E-state index in [-0.39, 0.29) is 34.3 Å². The van der Waals surface area contributed by atoms with Crippen molar-refractivity contribution in [2.24, 2.45) is 0 Å². The van der Waals surface area contributed by atoms with Crippen LogP contribution in [0.1, 0.15) is 17.5 Å². The summed E-state index contributed by atoms with van der Waals surface area (Å²) in [6.07, 6.45) is -0.485. The third-order valence-corrected chi connectivity index (χ3v) is 8.60. The first-order valence-electron chi connectivity index (χ1n) is 11.2. The van der Waals surface area contributed by atoms with Crippen LogP contribution in [-0.2, 0) is 31.4 Å². The summed E-state index contributed by atoms with van der Waals surface area (Å²) in [5.74, 6) is -1.22. The van der Waals surface area contributed by atoms with Gasteiger partial charge in [-0.2, -0.15) is 4.31 Å². The number of nitrogens with zero attached hydrogens (tertiary/aromatic N) is 2. The topological polar surface area (TPSA) is 193 Å². The molecule has 0 heterocycles. The van der Waals surface area contributed by atoms with Crippen molar-refractivity contribution in [3.05, 3.63) is 94.0 Å². The van der Waals surface area contributed by atoms with E-state index in [1.165, 1.54) is 60.7 Å². The number of nitro benzene ring substituents is 1. The minimum atomic E-state index is -4.22. The molecule has 0 spiro atoms. The van der Waals surface area contributed by atoms with Crippen molar-refractivity contribution in [3.8, 4) is 0 Å². The van der Waals surface area contributed by atoms with Crippen molar-refractivity contribution in [3.63, 3.8) is 0 Å². The predicted octanol–water partition coefficient (Wildman–Crippen LogP) is 3.08. The average molecular weight is 577 g/mol. The number of carbonyl (C=O) groups is 2. The van der Waals surface area contributed by atoms with Gasteiger partial charge < -0.3 is 10.4 Å². The molecule has 3 N–H and O–H groups in total. The van der Waals surface area contributed by atoms with Crippen LogP contribution in [0.5, 0.6) is 0 Å². The summed E-state index contributed by atoms with van der Waals surface area (Å²) in [6.45, 7) is 1.17. The molecule has 3 aromatic rings. The number of carboxylic acid groups (broad SMARTS) is 1. The first-order chi connectivity index (χ1) is 18.3. The summed E-state index contributed by atoms with van der Waals surface area (Å²) in [6, 6.07) is 14.8. The molecule has 2 amide bonds. The zero-order valence-corrected chi connectivity index (χ0v) is 22.1. The van der Waals surface area contributed by atoms with Gasteiger partial charge >= 0.3 is 12.0 Å². The molecule has 0 atom stereocenters. The summed E-state index contributed by atoms with van der Waals surface area (Å²) in [5.41, 5.74) is 1.15. The molecule has 0 fully saturated rings. The van der Waals surface area contributed by atoms with E-state index in [4.69, 9.17) is 5.11 Å². The van der Waals surface area contributed by atoms with Gasteiger partial charge in [0, 0.05) is 30.9 Å². The SMILES string of the molecule is Cc1ccc(S(=O)(=O)NC(=O)Nc2ccc(S(=O)(=O)N(CCC(=O)O)Cc3ccc([N+](=O)[O-])cc3)cc2)cc1. The lowest BCUT2D eigenvalue weighted by molar-refractivity contribution is -0.384. The maximum absolute atomic E-state index is 13.3. The number of aliphatic carboxylic acids is 1. The fourth-order valence-corrected chi connectivity index (χ4v) is 5.68. The van der Waals surface area contributed by atoms with Crippen molar-refractivity contribution in [2.45, 2.75) is 29.7 Å². The van der Waals surface area contributed by atoms with Gasteiger partial charge in [-0.1, -0.05) is 29.8 Å². The van der Waals surface area contributed by atoms with Crippen molar-refractivity contribution in [1.82, 2.24) is 9.03 Å². The van der Waals surface area contributed by atoms with Crippen molar-refractivity contribution in [1.29, 1.82) is 0 Å². The molecule has 206 valence electrons. The third-order valence-electron chi connectivity index (χ3n) is 5.39. The largest absolute Gasteiger partial charge is 0.481 e. The first kappa shape index (κ1) is 29.2. The van der Waals surface area contributed by atoms with E-state index < -0.39 is 43.4 Å². The molecule has 39 heavy (non-hydrogen) atoms. The van der Waals surface area contributed by atoms with Crippen LogP contribution < -0.4 is 10.0 Å². The number of rotatable bonds is 11. The van der Waals surface area contributed by atoms with E-state index in [9.17, 15) is 36.5 Å². The fraction of sp³-hybridized carbons (Fsp3) is 0.167. The number of carboxylic acids is 1. The minimum absolute atomic E-state index is 0.0954. The quantitative estimate of drug-likeness (QED) is 0.227. The number of anilines is 1. The molecule has 0 aliphatic rings. The molecule has 0 aliphatic heterocycles. The van der Waals surface area contributed by atoms with Gasteiger partial charge in [0.05, 0.1) is 21.1 Å². The van der Waals surface area contributed by atoms with Gasteiger partial charge in [0.1, 0.15) is 0 Å². The van der Waals surface area contributed by atoms with E-state index in [1.807, 2.05) is 4.72 Å². The highest BCUT2D eigenvalue weighted by atomic mass is 32.2. The molecule has 13 nitrogen and oxygen atoms in total. The molecule has 0 radical (unpaired) electrons. The number of amides is 2. The second-order valence-electron chi connectivity index (χ2n) is 8.30. The number of sulfonamides is 2. The molecule has 15 heteroatoms. The molecule has 3 aromatic carbocycles. The van der Waals surface area contributed by atoms with Gasteiger partial charge in [-0.3, -0.25) is 14.9 Å². The number of hydrogen-bond acceptors (Lipinski definition) is 8. The standard InChI is InChI=1S/C24H24N4O9S2/c1-17-2-10-21(11-3-17)38(34,35)26-24(31)25-19-6-12-22(13-7-19)39(36,37)27(15-14-23(29)30)16-18-4-8-20(9-5-18)28(32)33/h2-13H,14-16H2,1H3,(H,29,30)(H2,25,26,31). The Morgan fingerprint density at radius 3 is 2.00 bits per heavy atom. The van der Waals surface area contributed by atoms with Gasteiger partial charge in [0.25, 0.3) is 15.7 Å². The maximum atomic E-state index is 13.3. The average Bonchev–Trinajstić information content (AvgIpc) is 2.86. The van der Waals surface area contributed by atoms with Gasteiger partial charge in [-0.05, 0) is 48.9 Å². The molecule has 0 saturated carbocycles. The predicted molar refractivity (Wildman–Crippen MR) is 140 cm³/mol. The number of nitrogens with one attached hydrogen (secondary N) is 2. The Balaban J connectivity index is 1.74. The second-order valence-corrected chi connectivity index (χ2v) is 11.9. The normalized spacial score (nSPS) is 11.6. The molecule has 0 unspecified atom stereocenters. The van der Waals surface area contributed by atoms with E-state index in [0.29, 0.717) is 5.56 Å². The number of carbonyl (C=O) groups excluding carboxylic acids is 1. The van der Waals surface area contributed by atoms with Crippen LogP contribution in [0.25, 0.3) is 0 Å². The Kier molecular flexibility index (Phi) is 9.00. The van der Waals surface area contributed by atoms with Crippen LogP contribution in [0.15, 0.2) is 82.6 Å².